The molecule has 0 unspecified atom stereocenters. The summed E-state index contributed by atoms with van der Waals surface area (Å²) in [5.74, 6) is 1.01. The summed E-state index contributed by atoms with van der Waals surface area (Å²) in [5, 5.41) is 11.3. The van der Waals surface area contributed by atoms with Crippen molar-refractivity contribution in [3.63, 3.8) is 0 Å². The quantitative estimate of drug-likeness (QED) is 0.497. The number of rotatable bonds is 3. The van der Waals surface area contributed by atoms with Gasteiger partial charge in [0.25, 0.3) is 5.84 Å². The Labute approximate surface area is 129 Å². The van der Waals surface area contributed by atoms with Crippen LogP contribution in [0.2, 0.25) is 0 Å². The molecule has 112 valence electrons. The molecule has 0 saturated heterocycles. The number of nitro groups is 1. The van der Waals surface area contributed by atoms with Gasteiger partial charge in [-0.1, -0.05) is 30.3 Å². The Bertz CT molecular complexity index is 726. The summed E-state index contributed by atoms with van der Waals surface area (Å²) in [7, 11) is 2.03. The van der Waals surface area contributed by atoms with Crippen LogP contribution in [0, 0.1) is 10.1 Å². The van der Waals surface area contributed by atoms with Gasteiger partial charge < -0.3 is 0 Å². The monoisotopic (exact) mass is 296 g/mol. The van der Waals surface area contributed by atoms with Gasteiger partial charge in [0.2, 0.25) is 5.69 Å². The lowest BCUT2D eigenvalue weighted by Gasteiger charge is -2.25. The highest BCUT2D eigenvalue weighted by Gasteiger charge is 2.33. The van der Waals surface area contributed by atoms with Crippen LogP contribution in [0.3, 0.4) is 0 Å². The van der Waals surface area contributed by atoms with Gasteiger partial charge in [0, 0.05) is 12.5 Å². The van der Waals surface area contributed by atoms with Gasteiger partial charge in [-0.25, -0.2) is 4.90 Å². The van der Waals surface area contributed by atoms with Crippen molar-refractivity contribution in [3.05, 3.63) is 70.3 Å². The predicted octanol–water partition coefficient (Wildman–Crippen LogP) is 2.89. The van der Waals surface area contributed by atoms with Gasteiger partial charge in [0.15, 0.2) is 0 Å². The second-order valence-electron chi connectivity index (χ2n) is 5.36. The van der Waals surface area contributed by atoms with Crippen molar-refractivity contribution in [2.45, 2.75) is 6.42 Å². The van der Waals surface area contributed by atoms with Gasteiger partial charge in [0.1, 0.15) is 0 Å². The summed E-state index contributed by atoms with van der Waals surface area (Å²) in [4.78, 5) is 13.1. The number of benzene rings is 2. The highest BCUT2D eigenvalue weighted by atomic mass is 16.6. The summed E-state index contributed by atoms with van der Waals surface area (Å²) in [6.07, 6.45) is 0.971. The summed E-state index contributed by atoms with van der Waals surface area (Å²) < 4.78 is 2.16. The van der Waals surface area contributed by atoms with Crippen molar-refractivity contribution in [3.8, 4) is 0 Å². The molecule has 0 radical (unpaired) electrons. The molecule has 0 aromatic heterocycles. The first kappa shape index (κ1) is 14.3. The van der Waals surface area contributed by atoms with Crippen molar-refractivity contribution < 1.29 is 9.50 Å². The zero-order valence-electron chi connectivity index (χ0n) is 12.5. The van der Waals surface area contributed by atoms with Crippen LogP contribution in [-0.2, 0) is 0 Å². The summed E-state index contributed by atoms with van der Waals surface area (Å²) in [6, 6.07) is 17.0. The average molecular weight is 296 g/mol. The lowest BCUT2D eigenvalue weighted by molar-refractivity contribution is -0.501. The van der Waals surface area contributed by atoms with Crippen LogP contribution < -0.4 is 4.90 Å². The number of hydrogen-bond donors (Lipinski definition) is 0. The van der Waals surface area contributed by atoms with Crippen molar-refractivity contribution in [1.29, 1.82) is 0 Å². The fourth-order valence-electron chi connectivity index (χ4n) is 2.93. The molecule has 5 nitrogen and oxygen atoms in total. The predicted molar refractivity (Wildman–Crippen MR) is 86.7 cm³/mol. The first-order valence-corrected chi connectivity index (χ1v) is 7.33. The summed E-state index contributed by atoms with van der Waals surface area (Å²) >= 11 is 0. The second kappa shape index (κ2) is 5.97. The van der Waals surface area contributed by atoms with Crippen LogP contribution >= 0.6 is 0 Å². The van der Waals surface area contributed by atoms with Crippen molar-refractivity contribution >= 4 is 17.2 Å². The van der Waals surface area contributed by atoms with E-state index in [1.54, 1.807) is 12.1 Å². The summed E-state index contributed by atoms with van der Waals surface area (Å²) in [5.41, 5.74) is 1.87. The van der Waals surface area contributed by atoms with Gasteiger partial charge in [-0.05, 0) is 18.2 Å². The third kappa shape index (κ3) is 2.57. The van der Waals surface area contributed by atoms with Gasteiger partial charge in [0.05, 0.1) is 30.6 Å². The third-order valence-corrected chi connectivity index (χ3v) is 3.89. The molecular weight excluding hydrogens is 278 g/mol. The Hall–Kier alpha value is -2.69. The van der Waals surface area contributed by atoms with Crippen LogP contribution in [-0.4, -0.2) is 35.5 Å². The van der Waals surface area contributed by atoms with E-state index in [0.717, 1.165) is 30.9 Å². The Morgan fingerprint density at radius 3 is 2.50 bits per heavy atom. The Morgan fingerprint density at radius 2 is 1.77 bits per heavy atom. The van der Waals surface area contributed by atoms with Crippen LogP contribution in [0.4, 0.5) is 11.4 Å². The fourth-order valence-corrected chi connectivity index (χ4v) is 2.93. The van der Waals surface area contributed by atoms with E-state index in [1.807, 2.05) is 49.5 Å². The molecular formula is C17H18N3O2+. The molecule has 0 aliphatic carbocycles. The normalized spacial score (nSPS) is 15.0. The molecule has 3 rings (SSSR count). The van der Waals surface area contributed by atoms with Crippen LogP contribution in [0.15, 0.2) is 54.6 Å². The number of amidine groups is 1. The average Bonchev–Trinajstić information content (AvgIpc) is 2.55. The van der Waals surface area contributed by atoms with E-state index in [4.69, 9.17) is 0 Å². The molecule has 2 aromatic rings. The molecule has 0 atom stereocenters. The first-order chi connectivity index (χ1) is 10.7. The largest absolute Gasteiger partial charge is 0.315 e. The van der Waals surface area contributed by atoms with E-state index in [1.165, 1.54) is 0 Å². The van der Waals surface area contributed by atoms with E-state index in [-0.39, 0.29) is 10.6 Å². The van der Waals surface area contributed by atoms with E-state index in [0.29, 0.717) is 5.69 Å². The molecule has 0 fully saturated rings. The SMILES string of the molecule is C[N+]1=C(c2ccccc2)N(c2ccccc2[N+](=O)[O-])CCC1. The highest BCUT2D eigenvalue weighted by molar-refractivity contribution is 6.08. The highest BCUT2D eigenvalue weighted by Crippen LogP contribution is 2.30. The van der Waals surface area contributed by atoms with Gasteiger partial charge >= 0.3 is 5.69 Å². The Morgan fingerprint density at radius 1 is 1.09 bits per heavy atom. The molecule has 0 N–H and O–H groups in total. The molecule has 1 aliphatic rings. The zero-order valence-corrected chi connectivity index (χ0v) is 12.5. The molecule has 0 bridgehead atoms. The van der Waals surface area contributed by atoms with Crippen molar-refractivity contribution in [2.24, 2.45) is 0 Å². The van der Waals surface area contributed by atoms with Crippen LogP contribution in [0.25, 0.3) is 0 Å². The van der Waals surface area contributed by atoms with Crippen LogP contribution in [0.1, 0.15) is 12.0 Å². The van der Waals surface area contributed by atoms with Crippen LogP contribution in [0.5, 0.6) is 0 Å². The topological polar surface area (TPSA) is 49.4 Å². The van der Waals surface area contributed by atoms with E-state index in [9.17, 15) is 10.1 Å². The molecule has 0 spiro atoms. The molecule has 1 heterocycles. The molecule has 0 saturated carbocycles. The second-order valence-corrected chi connectivity index (χ2v) is 5.36. The molecule has 0 amide bonds. The Balaban J connectivity index is 2.14. The maximum atomic E-state index is 11.3. The number of para-hydroxylation sites is 2. The number of anilines is 1. The van der Waals surface area contributed by atoms with Gasteiger partial charge in [-0.2, -0.15) is 0 Å². The van der Waals surface area contributed by atoms with E-state index in [2.05, 4.69) is 9.48 Å². The maximum Gasteiger partial charge on any atom is 0.315 e. The maximum absolute atomic E-state index is 11.3. The molecule has 2 aromatic carbocycles. The lowest BCUT2D eigenvalue weighted by atomic mass is 10.1. The first-order valence-electron chi connectivity index (χ1n) is 7.33. The Kier molecular flexibility index (Phi) is 3.87. The van der Waals surface area contributed by atoms with Gasteiger partial charge in [-0.3, -0.25) is 14.7 Å². The van der Waals surface area contributed by atoms with Crippen molar-refractivity contribution in [1.82, 2.24) is 0 Å². The molecule has 1 aliphatic heterocycles. The lowest BCUT2D eigenvalue weighted by Crippen LogP contribution is -2.44. The third-order valence-electron chi connectivity index (χ3n) is 3.89. The smallest absolute Gasteiger partial charge is 0.264 e. The minimum atomic E-state index is -0.313. The number of nitro benzene ring substituents is 1. The fraction of sp³-hybridized carbons (Fsp3) is 0.235. The number of nitrogens with zero attached hydrogens (tertiary/aromatic N) is 3. The number of hydrogen-bond acceptors (Lipinski definition) is 3. The van der Waals surface area contributed by atoms with E-state index >= 15 is 0 Å². The van der Waals surface area contributed by atoms with E-state index < -0.39 is 0 Å². The molecule has 22 heavy (non-hydrogen) atoms. The molecule has 5 heteroatoms. The zero-order chi connectivity index (χ0) is 15.5. The summed E-state index contributed by atoms with van der Waals surface area (Å²) in [6.45, 7) is 1.72. The standard InChI is InChI=1S/C17H18N3O2/c1-18-12-7-13-19(17(18)14-8-3-2-4-9-14)15-10-5-6-11-16(15)20(21)22/h2-6,8-11H,7,12-13H2,1H3/q+1. The minimum absolute atomic E-state index is 0.145. The van der Waals surface area contributed by atoms with Crippen molar-refractivity contribution in [2.75, 3.05) is 25.0 Å². The van der Waals surface area contributed by atoms with Gasteiger partial charge in [-0.15, -0.1) is 0 Å². The minimum Gasteiger partial charge on any atom is -0.264 e.